The molecule has 0 atom stereocenters. The minimum atomic E-state index is -1.000. The van der Waals surface area contributed by atoms with Gasteiger partial charge in [0.25, 0.3) is 0 Å². The van der Waals surface area contributed by atoms with Crippen molar-refractivity contribution < 1.29 is 23.0 Å². The number of halogens is 3. The highest BCUT2D eigenvalue weighted by Crippen LogP contribution is 2.29. The molecule has 0 saturated carbocycles. The number of benzene rings is 3. The van der Waals surface area contributed by atoms with E-state index in [1.807, 2.05) is 0 Å². The van der Waals surface area contributed by atoms with Gasteiger partial charge in [0, 0.05) is 35.2 Å². The van der Waals surface area contributed by atoms with Crippen molar-refractivity contribution in [2.45, 2.75) is 0 Å². The van der Waals surface area contributed by atoms with E-state index in [1.165, 1.54) is 73.1 Å². The molecule has 0 fully saturated rings. The van der Waals surface area contributed by atoms with Gasteiger partial charge in [0.05, 0.1) is 5.56 Å². The van der Waals surface area contributed by atoms with E-state index in [9.17, 15) is 18.3 Å². The molecule has 4 nitrogen and oxygen atoms in total. The SMILES string of the molecule is C=CCOc1ccc(-c2ncc(/C=C/c3ccc(-c4ccc(O)cc4)c(F)c3F)cn2)c(F)c1. The van der Waals surface area contributed by atoms with E-state index in [0.29, 0.717) is 16.9 Å². The number of phenolic OH excluding ortho intramolecular Hbond substituents is 1. The lowest BCUT2D eigenvalue weighted by atomic mass is 10.0. The molecule has 0 unspecified atom stereocenters. The van der Waals surface area contributed by atoms with E-state index in [-0.39, 0.29) is 34.9 Å². The first-order chi connectivity index (χ1) is 16.5. The molecule has 4 aromatic rings. The van der Waals surface area contributed by atoms with E-state index in [4.69, 9.17) is 4.74 Å². The topological polar surface area (TPSA) is 55.2 Å². The van der Waals surface area contributed by atoms with Crippen LogP contribution in [0, 0.1) is 17.5 Å². The van der Waals surface area contributed by atoms with E-state index in [1.54, 1.807) is 12.1 Å². The Kier molecular flexibility index (Phi) is 6.73. The Morgan fingerprint density at radius 3 is 2.24 bits per heavy atom. The molecular formula is C27H19F3N2O2. The highest BCUT2D eigenvalue weighted by molar-refractivity contribution is 5.73. The van der Waals surface area contributed by atoms with Gasteiger partial charge in [0.2, 0.25) is 0 Å². The second kappa shape index (κ2) is 10.0. The van der Waals surface area contributed by atoms with Gasteiger partial charge in [-0.2, -0.15) is 0 Å². The Bertz CT molecular complexity index is 1350. The maximum absolute atomic E-state index is 14.6. The quantitative estimate of drug-likeness (QED) is 0.313. The molecule has 170 valence electrons. The van der Waals surface area contributed by atoms with Gasteiger partial charge in [-0.25, -0.2) is 23.1 Å². The van der Waals surface area contributed by atoms with Crippen LogP contribution in [0.3, 0.4) is 0 Å². The normalized spacial score (nSPS) is 11.0. The van der Waals surface area contributed by atoms with Crippen LogP contribution in [0.15, 0.2) is 79.6 Å². The Balaban J connectivity index is 1.52. The summed E-state index contributed by atoms with van der Waals surface area (Å²) in [6.07, 6.45) is 7.42. The summed E-state index contributed by atoms with van der Waals surface area (Å²) in [6, 6.07) is 13.1. The maximum Gasteiger partial charge on any atom is 0.167 e. The van der Waals surface area contributed by atoms with Gasteiger partial charge in [0.15, 0.2) is 17.5 Å². The molecule has 1 aromatic heterocycles. The number of hydrogen-bond acceptors (Lipinski definition) is 4. The number of nitrogens with zero attached hydrogens (tertiary/aromatic N) is 2. The fourth-order valence-electron chi connectivity index (χ4n) is 3.23. The molecule has 0 spiro atoms. The molecule has 1 N–H and O–H groups in total. The van der Waals surface area contributed by atoms with Gasteiger partial charge in [-0.3, -0.25) is 0 Å². The zero-order valence-corrected chi connectivity index (χ0v) is 17.9. The van der Waals surface area contributed by atoms with E-state index in [2.05, 4.69) is 16.5 Å². The summed E-state index contributed by atoms with van der Waals surface area (Å²) in [5.74, 6) is -1.94. The standard InChI is InChI=1S/C27H19F3N2O2/c1-2-13-34-21-10-12-23(24(28)14-21)27-31-15-17(16-32-27)3-4-19-7-11-22(26(30)25(19)29)18-5-8-20(33)9-6-18/h2-12,14-16,33H,1,13H2/b4-3+. The van der Waals surface area contributed by atoms with Crippen molar-refractivity contribution in [3.8, 4) is 34.0 Å². The van der Waals surface area contributed by atoms with Gasteiger partial charge >= 0.3 is 0 Å². The molecule has 0 bridgehead atoms. The molecule has 4 rings (SSSR count). The molecule has 0 amide bonds. The smallest absolute Gasteiger partial charge is 0.167 e. The summed E-state index contributed by atoms with van der Waals surface area (Å²) in [4.78, 5) is 8.33. The van der Waals surface area contributed by atoms with Gasteiger partial charge in [0.1, 0.15) is 23.9 Å². The van der Waals surface area contributed by atoms with Crippen LogP contribution in [0.25, 0.3) is 34.7 Å². The van der Waals surface area contributed by atoms with Crippen LogP contribution in [0.1, 0.15) is 11.1 Å². The van der Waals surface area contributed by atoms with E-state index >= 15 is 0 Å². The first-order valence-corrected chi connectivity index (χ1v) is 10.3. The third-order valence-electron chi connectivity index (χ3n) is 4.97. The molecule has 7 heteroatoms. The molecule has 0 radical (unpaired) electrons. The average molecular weight is 460 g/mol. The molecule has 3 aromatic carbocycles. The van der Waals surface area contributed by atoms with Crippen molar-refractivity contribution in [3.05, 3.63) is 108 Å². The minimum absolute atomic E-state index is 0.0368. The summed E-state index contributed by atoms with van der Waals surface area (Å²) < 4.78 is 48.9. The molecule has 0 saturated heterocycles. The molecular weight excluding hydrogens is 441 g/mol. The Labute approximate surface area is 194 Å². The fourth-order valence-corrected chi connectivity index (χ4v) is 3.23. The summed E-state index contributed by atoms with van der Waals surface area (Å²) in [7, 11) is 0. The van der Waals surface area contributed by atoms with Crippen molar-refractivity contribution in [2.75, 3.05) is 6.61 Å². The predicted octanol–water partition coefficient (Wildman–Crippen LogP) is 6.67. The molecule has 1 heterocycles. The van der Waals surface area contributed by atoms with Crippen molar-refractivity contribution >= 4 is 12.2 Å². The van der Waals surface area contributed by atoms with Gasteiger partial charge in [-0.05, 0) is 29.8 Å². The first-order valence-electron chi connectivity index (χ1n) is 10.3. The number of phenols is 1. The summed E-state index contributed by atoms with van der Waals surface area (Å²) in [5, 5.41) is 9.37. The summed E-state index contributed by atoms with van der Waals surface area (Å²) >= 11 is 0. The van der Waals surface area contributed by atoms with Crippen LogP contribution >= 0.6 is 0 Å². The fraction of sp³-hybridized carbons (Fsp3) is 0.0370. The number of aromatic nitrogens is 2. The predicted molar refractivity (Wildman–Crippen MR) is 126 cm³/mol. The molecule has 0 aliphatic heterocycles. The third kappa shape index (κ3) is 4.99. The third-order valence-corrected chi connectivity index (χ3v) is 4.97. The van der Waals surface area contributed by atoms with Crippen molar-refractivity contribution in [2.24, 2.45) is 0 Å². The number of hydrogen-bond donors (Lipinski definition) is 1. The Morgan fingerprint density at radius 2 is 1.56 bits per heavy atom. The van der Waals surface area contributed by atoms with Crippen molar-refractivity contribution in [1.29, 1.82) is 0 Å². The second-order valence-corrected chi connectivity index (χ2v) is 7.29. The monoisotopic (exact) mass is 460 g/mol. The largest absolute Gasteiger partial charge is 0.508 e. The van der Waals surface area contributed by atoms with Crippen LogP contribution in [-0.4, -0.2) is 21.7 Å². The summed E-state index contributed by atoms with van der Waals surface area (Å²) in [5.41, 5.74) is 1.31. The number of ether oxygens (including phenoxy) is 1. The van der Waals surface area contributed by atoms with Crippen LogP contribution < -0.4 is 4.74 Å². The highest BCUT2D eigenvalue weighted by atomic mass is 19.2. The first kappa shape index (κ1) is 22.8. The van der Waals surface area contributed by atoms with Crippen molar-refractivity contribution in [3.63, 3.8) is 0 Å². The maximum atomic E-state index is 14.6. The van der Waals surface area contributed by atoms with Crippen LogP contribution in [0.2, 0.25) is 0 Å². The van der Waals surface area contributed by atoms with Crippen molar-refractivity contribution in [1.82, 2.24) is 9.97 Å². The average Bonchev–Trinajstić information content (AvgIpc) is 2.85. The Morgan fingerprint density at radius 1 is 0.853 bits per heavy atom. The zero-order chi connectivity index (χ0) is 24.1. The van der Waals surface area contributed by atoms with Gasteiger partial charge < -0.3 is 9.84 Å². The zero-order valence-electron chi connectivity index (χ0n) is 17.9. The molecule has 0 aliphatic rings. The van der Waals surface area contributed by atoms with Crippen LogP contribution in [-0.2, 0) is 0 Å². The minimum Gasteiger partial charge on any atom is -0.508 e. The molecule has 34 heavy (non-hydrogen) atoms. The van der Waals surface area contributed by atoms with Crippen LogP contribution in [0.4, 0.5) is 13.2 Å². The lowest BCUT2D eigenvalue weighted by Gasteiger charge is -2.07. The highest BCUT2D eigenvalue weighted by Gasteiger charge is 2.14. The van der Waals surface area contributed by atoms with Crippen LogP contribution in [0.5, 0.6) is 11.5 Å². The number of aromatic hydroxyl groups is 1. The van der Waals surface area contributed by atoms with Gasteiger partial charge in [-0.1, -0.05) is 49.1 Å². The number of rotatable bonds is 7. The van der Waals surface area contributed by atoms with Gasteiger partial charge in [-0.15, -0.1) is 0 Å². The lowest BCUT2D eigenvalue weighted by molar-refractivity contribution is 0.361. The van der Waals surface area contributed by atoms with E-state index < -0.39 is 17.5 Å². The summed E-state index contributed by atoms with van der Waals surface area (Å²) in [6.45, 7) is 3.81. The van der Waals surface area contributed by atoms with E-state index in [0.717, 1.165) is 0 Å². The second-order valence-electron chi connectivity index (χ2n) is 7.29. The lowest BCUT2D eigenvalue weighted by Crippen LogP contribution is -1.96. The molecule has 0 aliphatic carbocycles. The Hall–Kier alpha value is -4.39.